The molecule has 98 valence electrons. The third kappa shape index (κ3) is 3.17. The highest BCUT2D eigenvalue weighted by Gasteiger charge is 2.14. The van der Waals surface area contributed by atoms with Crippen molar-refractivity contribution in [1.82, 2.24) is 4.98 Å². The zero-order valence-electron chi connectivity index (χ0n) is 10.2. The molecule has 0 unspecified atom stereocenters. The largest absolute Gasteiger partial charge is 0.494 e. The summed E-state index contributed by atoms with van der Waals surface area (Å²) in [6.45, 7) is 0. The molecule has 0 saturated heterocycles. The van der Waals surface area contributed by atoms with E-state index in [1.165, 1.54) is 31.6 Å². The first kappa shape index (κ1) is 13.7. The Morgan fingerprint density at radius 2 is 2.21 bits per heavy atom. The first-order valence-corrected chi connectivity index (χ1v) is 6.36. The second-order valence-electron chi connectivity index (χ2n) is 3.91. The second-order valence-corrected chi connectivity index (χ2v) is 4.77. The van der Waals surface area contributed by atoms with Gasteiger partial charge in [0.25, 0.3) is 0 Å². The lowest BCUT2D eigenvalue weighted by atomic mass is 10.0. The molecular weight excluding hydrogens is 313 g/mol. The molecule has 0 aliphatic carbocycles. The van der Waals surface area contributed by atoms with Gasteiger partial charge in [0.1, 0.15) is 11.6 Å². The van der Waals surface area contributed by atoms with Crippen LogP contribution in [0.25, 0.3) is 0 Å². The van der Waals surface area contributed by atoms with Crippen LogP contribution in [0, 0.1) is 5.82 Å². The fourth-order valence-corrected chi connectivity index (χ4v) is 2.20. The van der Waals surface area contributed by atoms with Crippen molar-refractivity contribution in [3.63, 3.8) is 0 Å². The van der Waals surface area contributed by atoms with Crippen LogP contribution in [0.1, 0.15) is 15.9 Å². The molecular formula is C14H11BrFNO2. The van der Waals surface area contributed by atoms with Crippen LogP contribution in [0.2, 0.25) is 0 Å². The molecule has 0 atom stereocenters. The Hall–Kier alpha value is -1.75. The monoisotopic (exact) mass is 323 g/mol. The van der Waals surface area contributed by atoms with Gasteiger partial charge in [-0.3, -0.25) is 9.78 Å². The molecule has 0 bridgehead atoms. The van der Waals surface area contributed by atoms with E-state index in [9.17, 15) is 9.18 Å². The molecule has 2 aromatic rings. The molecule has 0 saturated carbocycles. The molecule has 0 spiro atoms. The molecule has 1 aromatic heterocycles. The maximum absolute atomic E-state index is 13.0. The van der Waals surface area contributed by atoms with Crippen LogP contribution in [0.4, 0.5) is 4.39 Å². The number of hydrogen-bond donors (Lipinski definition) is 0. The smallest absolute Gasteiger partial charge is 0.171 e. The van der Waals surface area contributed by atoms with Crippen molar-refractivity contribution < 1.29 is 13.9 Å². The molecule has 1 aromatic carbocycles. The topological polar surface area (TPSA) is 39.2 Å². The molecule has 5 heteroatoms. The van der Waals surface area contributed by atoms with Gasteiger partial charge >= 0.3 is 0 Å². The summed E-state index contributed by atoms with van der Waals surface area (Å²) in [5.74, 6) is -0.0122. The number of aromatic nitrogens is 1. The van der Waals surface area contributed by atoms with Gasteiger partial charge in [0, 0.05) is 17.1 Å². The van der Waals surface area contributed by atoms with Gasteiger partial charge < -0.3 is 4.74 Å². The average molecular weight is 324 g/mol. The van der Waals surface area contributed by atoms with Crippen LogP contribution in [0.15, 0.2) is 41.1 Å². The number of ketones is 1. The Labute approximate surface area is 118 Å². The molecule has 19 heavy (non-hydrogen) atoms. The predicted octanol–water partition coefficient (Wildman–Crippen LogP) is 3.42. The summed E-state index contributed by atoms with van der Waals surface area (Å²) in [4.78, 5) is 16.1. The Morgan fingerprint density at radius 3 is 2.89 bits per heavy atom. The quantitative estimate of drug-likeness (QED) is 0.809. The molecule has 0 fully saturated rings. The van der Waals surface area contributed by atoms with E-state index in [0.717, 1.165) is 5.56 Å². The maximum atomic E-state index is 13.0. The van der Waals surface area contributed by atoms with Gasteiger partial charge in [-0.2, -0.15) is 0 Å². The van der Waals surface area contributed by atoms with E-state index in [4.69, 9.17) is 4.74 Å². The van der Waals surface area contributed by atoms with Crippen molar-refractivity contribution in [3.05, 3.63) is 58.1 Å². The van der Waals surface area contributed by atoms with E-state index in [1.807, 2.05) is 0 Å². The second kappa shape index (κ2) is 5.93. The third-order valence-electron chi connectivity index (χ3n) is 2.67. The summed E-state index contributed by atoms with van der Waals surface area (Å²) in [6.07, 6.45) is 3.20. The highest BCUT2D eigenvalue weighted by atomic mass is 79.9. The number of ether oxygens (including phenoxy) is 1. The predicted molar refractivity (Wildman–Crippen MR) is 72.9 cm³/mol. The van der Waals surface area contributed by atoms with Crippen molar-refractivity contribution in [1.29, 1.82) is 0 Å². The van der Waals surface area contributed by atoms with Gasteiger partial charge in [0.15, 0.2) is 5.78 Å². The fraction of sp³-hybridized carbons (Fsp3) is 0.143. The van der Waals surface area contributed by atoms with E-state index in [1.54, 1.807) is 12.1 Å². The molecule has 0 N–H and O–H groups in total. The highest BCUT2D eigenvalue weighted by molar-refractivity contribution is 9.10. The van der Waals surface area contributed by atoms with Gasteiger partial charge in [-0.15, -0.1) is 0 Å². The lowest BCUT2D eigenvalue weighted by molar-refractivity contribution is 0.0989. The number of methoxy groups -OCH3 is 1. The van der Waals surface area contributed by atoms with E-state index < -0.39 is 0 Å². The lowest BCUT2D eigenvalue weighted by Gasteiger charge is -2.07. The van der Waals surface area contributed by atoms with Crippen LogP contribution in [-0.4, -0.2) is 17.9 Å². The number of carbonyl (C=O) groups excluding carboxylic acids is 1. The number of carbonyl (C=O) groups is 1. The number of rotatable bonds is 4. The lowest BCUT2D eigenvalue weighted by Crippen LogP contribution is -2.06. The van der Waals surface area contributed by atoms with E-state index in [0.29, 0.717) is 15.8 Å². The standard InChI is InChI=1S/C14H11BrFNO2/c1-19-14-8-17-5-4-11(14)13(18)6-9-2-3-10(16)7-12(9)15/h2-5,7-8H,6H2,1H3. The summed E-state index contributed by atoms with van der Waals surface area (Å²) in [5, 5.41) is 0. The van der Waals surface area contributed by atoms with Crippen molar-refractivity contribution in [2.45, 2.75) is 6.42 Å². The minimum absolute atomic E-state index is 0.105. The van der Waals surface area contributed by atoms with Gasteiger partial charge in [0.05, 0.1) is 18.9 Å². The van der Waals surface area contributed by atoms with Crippen LogP contribution in [-0.2, 0) is 6.42 Å². The van der Waals surface area contributed by atoms with Gasteiger partial charge in [0.2, 0.25) is 0 Å². The summed E-state index contributed by atoms with van der Waals surface area (Å²) in [6, 6.07) is 5.87. The molecule has 0 aliphatic heterocycles. The van der Waals surface area contributed by atoms with E-state index in [-0.39, 0.29) is 18.0 Å². The van der Waals surface area contributed by atoms with Crippen molar-refractivity contribution >= 4 is 21.7 Å². The Morgan fingerprint density at radius 1 is 1.42 bits per heavy atom. The van der Waals surface area contributed by atoms with Gasteiger partial charge in [-0.05, 0) is 23.8 Å². The number of nitrogens with zero attached hydrogens (tertiary/aromatic N) is 1. The molecule has 2 rings (SSSR count). The van der Waals surface area contributed by atoms with Crippen LogP contribution in [0.5, 0.6) is 5.75 Å². The molecule has 0 radical (unpaired) electrons. The average Bonchev–Trinajstić information content (AvgIpc) is 2.41. The number of pyridine rings is 1. The molecule has 1 heterocycles. The van der Waals surface area contributed by atoms with Crippen molar-refractivity contribution in [2.75, 3.05) is 7.11 Å². The third-order valence-corrected chi connectivity index (χ3v) is 3.41. The van der Waals surface area contributed by atoms with Crippen molar-refractivity contribution in [2.24, 2.45) is 0 Å². The first-order chi connectivity index (χ1) is 9.11. The SMILES string of the molecule is COc1cnccc1C(=O)Cc1ccc(F)cc1Br. The minimum Gasteiger partial charge on any atom is -0.494 e. The normalized spacial score (nSPS) is 10.3. The Kier molecular flexibility index (Phi) is 4.27. The summed E-state index contributed by atoms with van der Waals surface area (Å²) >= 11 is 3.25. The van der Waals surface area contributed by atoms with Crippen LogP contribution in [0.3, 0.4) is 0 Å². The molecule has 3 nitrogen and oxygen atoms in total. The van der Waals surface area contributed by atoms with Crippen molar-refractivity contribution in [3.8, 4) is 5.75 Å². The Balaban J connectivity index is 2.26. The summed E-state index contributed by atoms with van der Waals surface area (Å²) in [5.41, 5.74) is 1.19. The fourth-order valence-electron chi connectivity index (χ4n) is 1.71. The zero-order valence-corrected chi connectivity index (χ0v) is 11.8. The van der Waals surface area contributed by atoms with Crippen LogP contribution >= 0.6 is 15.9 Å². The molecule has 0 amide bonds. The number of Topliss-reactive ketones (excluding diaryl/α,β-unsaturated/α-hetero) is 1. The van der Waals surface area contributed by atoms with Gasteiger partial charge in [-0.1, -0.05) is 22.0 Å². The van der Waals surface area contributed by atoms with Gasteiger partial charge in [-0.25, -0.2) is 4.39 Å². The van der Waals surface area contributed by atoms with Crippen LogP contribution < -0.4 is 4.74 Å². The number of hydrogen-bond acceptors (Lipinski definition) is 3. The number of benzene rings is 1. The number of halogens is 2. The maximum Gasteiger partial charge on any atom is 0.171 e. The van der Waals surface area contributed by atoms with E-state index >= 15 is 0 Å². The highest BCUT2D eigenvalue weighted by Crippen LogP contribution is 2.22. The Bertz CT molecular complexity index is 616. The summed E-state index contributed by atoms with van der Waals surface area (Å²) < 4.78 is 18.7. The minimum atomic E-state index is -0.343. The zero-order chi connectivity index (χ0) is 13.8. The van der Waals surface area contributed by atoms with E-state index in [2.05, 4.69) is 20.9 Å². The summed E-state index contributed by atoms with van der Waals surface area (Å²) in [7, 11) is 1.49. The molecule has 0 aliphatic rings. The first-order valence-electron chi connectivity index (χ1n) is 5.57.